The van der Waals surface area contributed by atoms with E-state index < -0.39 is 0 Å². The molecule has 1 aromatic rings. The van der Waals surface area contributed by atoms with E-state index in [0.717, 1.165) is 12.1 Å². The lowest BCUT2D eigenvalue weighted by Gasteiger charge is -1.88. The van der Waals surface area contributed by atoms with Gasteiger partial charge in [0.1, 0.15) is 0 Å². The molecule has 0 bridgehead atoms. The van der Waals surface area contributed by atoms with Gasteiger partial charge in [0.05, 0.1) is 12.1 Å². The molecule has 0 atom stereocenters. The van der Waals surface area contributed by atoms with Gasteiger partial charge in [-0.05, 0) is 12.5 Å². The van der Waals surface area contributed by atoms with Gasteiger partial charge in [-0.1, -0.05) is 0 Å². The van der Waals surface area contributed by atoms with Gasteiger partial charge in [0, 0.05) is 13.2 Å². The van der Waals surface area contributed by atoms with E-state index in [4.69, 9.17) is 6.57 Å². The molecule has 0 saturated heterocycles. The summed E-state index contributed by atoms with van der Waals surface area (Å²) in [6, 6.07) is 0. The summed E-state index contributed by atoms with van der Waals surface area (Å²) in [4.78, 5) is 3.28. The van der Waals surface area contributed by atoms with E-state index in [1.54, 1.807) is 4.68 Å². The SMILES string of the molecule is [C-]#[N+]CCc1nn(C)cc1C. The highest BCUT2D eigenvalue weighted by atomic mass is 15.2. The van der Waals surface area contributed by atoms with Crippen molar-refractivity contribution < 1.29 is 0 Å². The highest BCUT2D eigenvalue weighted by molar-refractivity contribution is 5.15. The van der Waals surface area contributed by atoms with Crippen molar-refractivity contribution in [1.82, 2.24) is 9.78 Å². The Hall–Kier alpha value is -1.30. The van der Waals surface area contributed by atoms with Crippen molar-refractivity contribution in [3.8, 4) is 0 Å². The van der Waals surface area contributed by atoms with Gasteiger partial charge in [-0.2, -0.15) is 5.10 Å². The fourth-order valence-electron chi connectivity index (χ4n) is 1.06. The van der Waals surface area contributed by atoms with Gasteiger partial charge < -0.3 is 4.85 Å². The number of hydrogen-bond donors (Lipinski definition) is 0. The average molecular weight is 149 g/mol. The second-order valence-electron chi connectivity index (χ2n) is 2.56. The minimum absolute atomic E-state index is 0.540. The lowest BCUT2D eigenvalue weighted by atomic mass is 10.2. The number of nitrogens with zero attached hydrogens (tertiary/aromatic N) is 3. The predicted molar refractivity (Wildman–Crippen MR) is 43.1 cm³/mol. The highest BCUT2D eigenvalue weighted by Gasteiger charge is 2.02. The van der Waals surface area contributed by atoms with E-state index in [0.29, 0.717) is 6.54 Å². The molecule has 0 fully saturated rings. The molecule has 0 N–H and O–H groups in total. The first-order chi connectivity index (χ1) is 5.24. The Morgan fingerprint density at radius 1 is 1.73 bits per heavy atom. The summed E-state index contributed by atoms with van der Waals surface area (Å²) in [6.07, 6.45) is 2.75. The molecule has 58 valence electrons. The molecule has 3 heteroatoms. The third-order valence-corrected chi connectivity index (χ3v) is 1.57. The Morgan fingerprint density at radius 2 is 2.45 bits per heavy atom. The molecule has 0 amide bonds. The molecule has 0 saturated carbocycles. The lowest BCUT2D eigenvalue weighted by molar-refractivity contribution is 0.744. The van der Waals surface area contributed by atoms with E-state index >= 15 is 0 Å². The standard InChI is InChI=1S/C8H11N3/c1-7-6-11(3)10-8(7)4-5-9-2/h6H,4-5H2,1,3H3. The number of rotatable bonds is 2. The van der Waals surface area contributed by atoms with Gasteiger partial charge in [-0.15, -0.1) is 0 Å². The molecule has 0 radical (unpaired) electrons. The van der Waals surface area contributed by atoms with Gasteiger partial charge in [-0.3, -0.25) is 4.68 Å². The van der Waals surface area contributed by atoms with E-state index in [2.05, 4.69) is 9.94 Å². The average Bonchev–Trinajstić information content (AvgIpc) is 2.26. The van der Waals surface area contributed by atoms with E-state index in [1.165, 1.54) is 5.56 Å². The molecule has 0 unspecified atom stereocenters. The van der Waals surface area contributed by atoms with Crippen LogP contribution in [-0.2, 0) is 13.5 Å². The van der Waals surface area contributed by atoms with Gasteiger partial charge in [0.25, 0.3) is 0 Å². The zero-order valence-electron chi connectivity index (χ0n) is 6.83. The molecular formula is C8H11N3. The van der Waals surface area contributed by atoms with E-state index in [-0.39, 0.29) is 0 Å². The lowest BCUT2D eigenvalue weighted by Crippen LogP contribution is -1.93. The van der Waals surface area contributed by atoms with Crippen LogP contribution in [0.15, 0.2) is 6.20 Å². The van der Waals surface area contributed by atoms with Gasteiger partial charge in [-0.25, -0.2) is 6.57 Å². The van der Waals surface area contributed by atoms with Crippen LogP contribution in [0.5, 0.6) is 0 Å². The summed E-state index contributed by atoms with van der Waals surface area (Å²) in [5, 5.41) is 4.22. The summed E-state index contributed by atoms with van der Waals surface area (Å²) in [6.45, 7) is 9.18. The monoisotopic (exact) mass is 149 g/mol. The van der Waals surface area contributed by atoms with Crippen LogP contribution < -0.4 is 0 Å². The highest BCUT2D eigenvalue weighted by Crippen LogP contribution is 2.04. The Bertz CT molecular complexity index is 280. The summed E-state index contributed by atoms with van der Waals surface area (Å²) in [5.74, 6) is 0. The van der Waals surface area contributed by atoms with E-state index in [9.17, 15) is 0 Å². The maximum atomic E-state index is 6.62. The first kappa shape index (κ1) is 7.80. The van der Waals surface area contributed by atoms with Crippen LogP contribution in [0, 0.1) is 13.5 Å². The van der Waals surface area contributed by atoms with Gasteiger partial charge >= 0.3 is 0 Å². The summed E-state index contributed by atoms with van der Waals surface area (Å²) < 4.78 is 1.79. The molecule has 1 rings (SSSR count). The molecule has 0 aromatic carbocycles. The second-order valence-corrected chi connectivity index (χ2v) is 2.56. The normalized spacial score (nSPS) is 9.55. The maximum Gasteiger partial charge on any atom is 0.220 e. The molecule has 0 aliphatic carbocycles. The summed E-state index contributed by atoms with van der Waals surface area (Å²) in [7, 11) is 1.90. The Morgan fingerprint density at radius 3 is 2.91 bits per heavy atom. The van der Waals surface area contributed by atoms with Crippen LogP contribution in [0.2, 0.25) is 0 Å². The Labute approximate surface area is 66.5 Å². The first-order valence-electron chi connectivity index (χ1n) is 3.56. The van der Waals surface area contributed by atoms with Crippen LogP contribution in [0.4, 0.5) is 0 Å². The summed E-state index contributed by atoms with van der Waals surface area (Å²) >= 11 is 0. The molecule has 1 heterocycles. The largest absolute Gasteiger partial charge is 0.317 e. The van der Waals surface area contributed by atoms with Crippen molar-refractivity contribution in [3.63, 3.8) is 0 Å². The quantitative estimate of drug-likeness (QED) is 0.579. The first-order valence-corrected chi connectivity index (χ1v) is 3.56. The third-order valence-electron chi connectivity index (χ3n) is 1.57. The van der Waals surface area contributed by atoms with Crippen molar-refractivity contribution in [3.05, 3.63) is 28.9 Å². The number of aromatic nitrogens is 2. The smallest absolute Gasteiger partial charge is 0.220 e. The summed E-state index contributed by atoms with van der Waals surface area (Å²) in [5.41, 5.74) is 2.22. The topological polar surface area (TPSA) is 22.2 Å². The van der Waals surface area contributed by atoms with Crippen LogP contribution in [0.1, 0.15) is 11.3 Å². The van der Waals surface area contributed by atoms with Crippen molar-refractivity contribution >= 4 is 0 Å². The second kappa shape index (κ2) is 3.20. The maximum absolute atomic E-state index is 6.62. The molecule has 3 nitrogen and oxygen atoms in total. The molecule has 0 aliphatic rings. The van der Waals surface area contributed by atoms with Crippen molar-refractivity contribution in [2.45, 2.75) is 13.3 Å². The molecule has 11 heavy (non-hydrogen) atoms. The van der Waals surface area contributed by atoms with Crippen LogP contribution in [0.3, 0.4) is 0 Å². The van der Waals surface area contributed by atoms with Crippen LogP contribution in [-0.4, -0.2) is 16.3 Å². The third kappa shape index (κ3) is 1.81. The van der Waals surface area contributed by atoms with Gasteiger partial charge in [0.2, 0.25) is 6.54 Å². The minimum atomic E-state index is 0.540. The fraction of sp³-hybridized carbons (Fsp3) is 0.500. The molecule has 1 aromatic heterocycles. The number of hydrogen-bond acceptors (Lipinski definition) is 1. The molecule has 0 aliphatic heterocycles. The Balaban J connectivity index is 2.71. The van der Waals surface area contributed by atoms with Crippen molar-refractivity contribution in [2.24, 2.45) is 7.05 Å². The fourth-order valence-corrected chi connectivity index (χ4v) is 1.06. The Kier molecular flexibility index (Phi) is 2.27. The van der Waals surface area contributed by atoms with Crippen LogP contribution in [0.25, 0.3) is 4.85 Å². The zero-order valence-corrected chi connectivity index (χ0v) is 6.83. The van der Waals surface area contributed by atoms with Crippen molar-refractivity contribution in [2.75, 3.05) is 6.54 Å². The number of aryl methyl sites for hydroxylation is 2. The van der Waals surface area contributed by atoms with Gasteiger partial charge in [0.15, 0.2) is 0 Å². The molecular weight excluding hydrogens is 138 g/mol. The minimum Gasteiger partial charge on any atom is -0.317 e. The molecule has 0 spiro atoms. The predicted octanol–water partition coefficient (Wildman–Crippen LogP) is 1.19. The van der Waals surface area contributed by atoms with Crippen molar-refractivity contribution in [1.29, 1.82) is 0 Å². The van der Waals surface area contributed by atoms with E-state index in [1.807, 2.05) is 20.2 Å². The zero-order chi connectivity index (χ0) is 8.27. The van der Waals surface area contributed by atoms with Crippen LogP contribution >= 0.6 is 0 Å².